The largest absolute Gasteiger partial charge is 0.508 e. The quantitative estimate of drug-likeness (QED) is 0.761. The fraction of sp³-hybridized carbons (Fsp3) is 0.167. The van der Waals surface area contributed by atoms with Crippen molar-refractivity contribution in [2.45, 2.75) is 13.1 Å². The molecule has 2 rings (SSSR count). The second kappa shape index (κ2) is 5.01. The first-order valence-corrected chi connectivity index (χ1v) is 5.94. The Hall–Kier alpha value is -1.52. The third kappa shape index (κ3) is 2.74. The Kier molecular flexibility index (Phi) is 3.44. The molecule has 0 spiro atoms. The molecule has 1 aromatic heterocycles. The number of phenols is 1. The predicted molar refractivity (Wildman–Crippen MR) is 67.4 cm³/mol. The van der Waals surface area contributed by atoms with Crippen LogP contribution in [0.25, 0.3) is 0 Å². The van der Waals surface area contributed by atoms with Crippen LogP contribution in [0.2, 0.25) is 0 Å². The van der Waals surface area contributed by atoms with Crippen LogP contribution in [0.4, 0.5) is 5.69 Å². The Labute approximate surface area is 98.5 Å². The summed E-state index contributed by atoms with van der Waals surface area (Å²) in [5.41, 5.74) is 7.77. The highest BCUT2D eigenvalue weighted by Crippen LogP contribution is 2.18. The number of thiophene rings is 1. The fourth-order valence-electron chi connectivity index (χ4n) is 1.43. The Balaban J connectivity index is 1.84. The lowest BCUT2D eigenvalue weighted by Crippen LogP contribution is -2.12. The SMILES string of the molecule is Nc1ccsc1CNCc1ccc(O)cc1. The highest BCUT2D eigenvalue weighted by atomic mass is 32.1. The molecule has 4 heteroatoms. The first-order chi connectivity index (χ1) is 7.75. The van der Waals surface area contributed by atoms with E-state index in [-0.39, 0.29) is 0 Å². The maximum Gasteiger partial charge on any atom is 0.115 e. The molecule has 0 bridgehead atoms. The summed E-state index contributed by atoms with van der Waals surface area (Å²) in [4.78, 5) is 1.17. The molecule has 0 aliphatic carbocycles. The van der Waals surface area contributed by atoms with Crippen LogP contribution >= 0.6 is 11.3 Å². The molecule has 0 aliphatic heterocycles. The highest BCUT2D eigenvalue weighted by molar-refractivity contribution is 7.10. The van der Waals surface area contributed by atoms with Crippen molar-refractivity contribution in [3.63, 3.8) is 0 Å². The number of rotatable bonds is 4. The van der Waals surface area contributed by atoms with Gasteiger partial charge in [0.1, 0.15) is 5.75 Å². The molecule has 4 N–H and O–H groups in total. The maximum absolute atomic E-state index is 9.13. The van der Waals surface area contributed by atoms with E-state index in [1.807, 2.05) is 23.6 Å². The average Bonchev–Trinajstić information content (AvgIpc) is 2.68. The average molecular weight is 234 g/mol. The van der Waals surface area contributed by atoms with Crippen LogP contribution in [0.3, 0.4) is 0 Å². The Morgan fingerprint density at radius 3 is 2.50 bits per heavy atom. The van der Waals surface area contributed by atoms with E-state index in [9.17, 15) is 0 Å². The molecule has 0 amide bonds. The molecule has 16 heavy (non-hydrogen) atoms. The number of phenolic OH excluding ortho intramolecular Hbond substituents is 1. The van der Waals surface area contributed by atoms with Crippen LogP contribution in [-0.4, -0.2) is 5.11 Å². The third-order valence-electron chi connectivity index (χ3n) is 2.33. The van der Waals surface area contributed by atoms with E-state index < -0.39 is 0 Å². The van der Waals surface area contributed by atoms with E-state index in [1.165, 1.54) is 4.88 Å². The topological polar surface area (TPSA) is 58.3 Å². The molecule has 3 nitrogen and oxygen atoms in total. The minimum Gasteiger partial charge on any atom is -0.508 e. The van der Waals surface area contributed by atoms with Crippen molar-refractivity contribution in [1.29, 1.82) is 0 Å². The van der Waals surface area contributed by atoms with Gasteiger partial charge in [-0.25, -0.2) is 0 Å². The van der Waals surface area contributed by atoms with Crippen LogP contribution in [0.1, 0.15) is 10.4 Å². The van der Waals surface area contributed by atoms with Crippen LogP contribution in [-0.2, 0) is 13.1 Å². The molecule has 0 atom stereocenters. The van der Waals surface area contributed by atoms with Crippen LogP contribution in [0.15, 0.2) is 35.7 Å². The number of hydrogen-bond acceptors (Lipinski definition) is 4. The molecule has 84 valence electrons. The van der Waals surface area contributed by atoms with E-state index in [4.69, 9.17) is 10.8 Å². The summed E-state index contributed by atoms with van der Waals surface area (Å²) >= 11 is 1.66. The minimum absolute atomic E-state index is 0.297. The van der Waals surface area contributed by atoms with E-state index in [2.05, 4.69) is 5.32 Å². The normalized spacial score (nSPS) is 10.5. The maximum atomic E-state index is 9.13. The van der Waals surface area contributed by atoms with E-state index >= 15 is 0 Å². The van der Waals surface area contributed by atoms with Gasteiger partial charge >= 0.3 is 0 Å². The number of nitrogen functional groups attached to an aromatic ring is 1. The van der Waals surface area contributed by atoms with Gasteiger partial charge in [-0.15, -0.1) is 11.3 Å². The molecule has 0 aliphatic rings. The zero-order valence-corrected chi connectivity index (χ0v) is 9.63. The smallest absolute Gasteiger partial charge is 0.115 e. The minimum atomic E-state index is 0.297. The summed E-state index contributed by atoms with van der Waals surface area (Å²) < 4.78 is 0. The molecular formula is C12H14N2OS. The third-order valence-corrected chi connectivity index (χ3v) is 3.27. The van der Waals surface area contributed by atoms with E-state index in [1.54, 1.807) is 23.5 Å². The second-order valence-electron chi connectivity index (χ2n) is 3.57. The molecule has 1 heterocycles. The number of nitrogens with one attached hydrogen (secondary N) is 1. The summed E-state index contributed by atoms with van der Waals surface area (Å²) in [6.45, 7) is 1.56. The van der Waals surface area contributed by atoms with Gasteiger partial charge in [0.2, 0.25) is 0 Å². The lowest BCUT2D eigenvalue weighted by Gasteiger charge is -2.04. The van der Waals surface area contributed by atoms with E-state index in [0.29, 0.717) is 5.75 Å². The fourth-order valence-corrected chi connectivity index (χ4v) is 2.20. The molecule has 0 unspecified atom stereocenters. The first-order valence-electron chi connectivity index (χ1n) is 5.06. The van der Waals surface area contributed by atoms with Gasteiger partial charge in [0.15, 0.2) is 0 Å². The van der Waals surface area contributed by atoms with Crippen molar-refractivity contribution in [1.82, 2.24) is 5.32 Å². The number of anilines is 1. The summed E-state index contributed by atoms with van der Waals surface area (Å²) in [7, 11) is 0. The second-order valence-corrected chi connectivity index (χ2v) is 4.57. The zero-order chi connectivity index (χ0) is 11.4. The number of nitrogens with two attached hydrogens (primary N) is 1. The molecule has 0 saturated carbocycles. The van der Waals surface area contributed by atoms with Gasteiger partial charge in [-0.3, -0.25) is 0 Å². The van der Waals surface area contributed by atoms with Gasteiger partial charge in [0.05, 0.1) is 0 Å². The molecule has 0 fully saturated rings. The van der Waals surface area contributed by atoms with Gasteiger partial charge in [-0.05, 0) is 29.1 Å². The monoisotopic (exact) mass is 234 g/mol. The van der Waals surface area contributed by atoms with Gasteiger partial charge in [-0.2, -0.15) is 0 Å². The molecule has 0 radical (unpaired) electrons. The number of hydrogen-bond donors (Lipinski definition) is 3. The van der Waals surface area contributed by atoms with Crippen molar-refractivity contribution >= 4 is 17.0 Å². The van der Waals surface area contributed by atoms with Crippen molar-refractivity contribution in [3.8, 4) is 5.75 Å². The number of aromatic hydroxyl groups is 1. The summed E-state index contributed by atoms with van der Waals surface area (Å²) in [5.74, 6) is 0.297. The summed E-state index contributed by atoms with van der Waals surface area (Å²) in [6, 6.07) is 9.11. The molecule has 0 saturated heterocycles. The van der Waals surface area contributed by atoms with Crippen LogP contribution < -0.4 is 11.1 Å². The van der Waals surface area contributed by atoms with E-state index in [0.717, 1.165) is 24.3 Å². The number of benzene rings is 1. The lowest BCUT2D eigenvalue weighted by atomic mass is 10.2. The highest BCUT2D eigenvalue weighted by Gasteiger charge is 1.99. The standard InChI is InChI=1S/C12H14N2OS/c13-11-5-6-16-12(11)8-14-7-9-1-3-10(15)4-2-9/h1-6,14-15H,7-8,13H2. The van der Waals surface area contributed by atoms with Gasteiger partial charge in [0, 0.05) is 23.7 Å². The Morgan fingerprint density at radius 1 is 1.12 bits per heavy atom. The first kappa shape index (κ1) is 11.0. The zero-order valence-electron chi connectivity index (χ0n) is 8.81. The lowest BCUT2D eigenvalue weighted by molar-refractivity contribution is 0.475. The Bertz CT molecular complexity index is 450. The molecular weight excluding hydrogens is 220 g/mol. The van der Waals surface area contributed by atoms with Crippen molar-refractivity contribution in [2.24, 2.45) is 0 Å². The molecule has 1 aromatic carbocycles. The van der Waals surface area contributed by atoms with Crippen molar-refractivity contribution < 1.29 is 5.11 Å². The van der Waals surface area contributed by atoms with Crippen molar-refractivity contribution in [3.05, 3.63) is 46.2 Å². The Morgan fingerprint density at radius 2 is 1.88 bits per heavy atom. The van der Waals surface area contributed by atoms with Gasteiger partial charge in [0.25, 0.3) is 0 Å². The van der Waals surface area contributed by atoms with Crippen LogP contribution in [0, 0.1) is 0 Å². The van der Waals surface area contributed by atoms with Crippen molar-refractivity contribution in [2.75, 3.05) is 5.73 Å². The summed E-state index contributed by atoms with van der Waals surface area (Å²) in [6.07, 6.45) is 0. The van der Waals surface area contributed by atoms with Crippen LogP contribution in [0.5, 0.6) is 5.75 Å². The van der Waals surface area contributed by atoms with Gasteiger partial charge < -0.3 is 16.2 Å². The van der Waals surface area contributed by atoms with Gasteiger partial charge in [-0.1, -0.05) is 12.1 Å². The predicted octanol–water partition coefficient (Wildman–Crippen LogP) is 2.33. The summed E-state index contributed by atoms with van der Waals surface area (Å²) in [5, 5.41) is 14.4. The molecule has 2 aromatic rings.